The van der Waals surface area contributed by atoms with Crippen LogP contribution in [0.5, 0.6) is 0 Å². The molecule has 37 heavy (non-hydrogen) atoms. The lowest BCUT2D eigenvalue weighted by molar-refractivity contribution is -0.133. The molecule has 200 valence electrons. The van der Waals surface area contributed by atoms with Crippen molar-refractivity contribution in [2.75, 3.05) is 50.7 Å². The molecular formula is C30H41FN4O2. The predicted octanol–water partition coefficient (Wildman–Crippen LogP) is 4.54. The van der Waals surface area contributed by atoms with Crippen molar-refractivity contribution >= 4 is 17.5 Å². The summed E-state index contributed by atoms with van der Waals surface area (Å²) in [6.07, 6.45) is 4.24. The smallest absolute Gasteiger partial charge is 0.236 e. The summed E-state index contributed by atoms with van der Waals surface area (Å²) in [6.45, 7) is 10.1. The molecule has 2 amide bonds. The second-order valence-corrected chi connectivity index (χ2v) is 10.5. The molecule has 7 heteroatoms. The van der Waals surface area contributed by atoms with Crippen molar-refractivity contribution in [2.24, 2.45) is 5.92 Å². The van der Waals surface area contributed by atoms with Crippen molar-refractivity contribution in [2.45, 2.75) is 52.6 Å². The van der Waals surface area contributed by atoms with E-state index >= 15 is 0 Å². The number of hydrogen-bond acceptors (Lipinski definition) is 4. The molecule has 0 aromatic heterocycles. The van der Waals surface area contributed by atoms with E-state index in [0.717, 1.165) is 62.4 Å². The van der Waals surface area contributed by atoms with Crippen LogP contribution in [0.3, 0.4) is 0 Å². The van der Waals surface area contributed by atoms with Crippen LogP contribution in [0.15, 0.2) is 48.5 Å². The molecule has 1 heterocycles. The standard InChI is InChI=1S/C30H41FN4O2/c1-3-15-34(21-26-9-10-26)30(37)23-33-19-18-32(20-25-11-13-28(31)14-12-25)16-6-17-35(24(2)36)29-8-5-4-7-27(29)22-33/h4-5,7-8,11-14,26H,3,6,9-10,15-23H2,1-2H3. The molecule has 1 aliphatic carbocycles. The highest BCUT2D eigenvalue weighted by Gasteiger charge is 2.28. The van der Waals surface area contributed by atoms with Gasteiger partial charge in [-0.3, -0.25) is 19.4 Å². The zero-order chi connectivity index (χ0) is 26.2. The molecule has 1 saturated carbocycles. The molecule has 0 saturated heterocycles. The van der Waals surface area contributed by atoms with Crippen molar-refractivity contribution in [1.82, 2.24) is 14.7 Å². The number of halogens is 1. The van der Waals surface area contributed by atoms with E-state index in [4.69, 9.17) is 0 Å². The van der Waals surface area contributed by atoms with Gasteiger partial charge in [-0.1, -0.05) is 37.3 Å². The van der Waals surface area contributed by atoms with Crippen LogP contribution in [0.1, 0.15) is 50.7 Å². The molecule has 0 unspecified atom stereocenters. The van der Waals surface area contributed by atoms with Gasteiger partial charge in [0.25, 0.3) is 0 Å². The Morgan fingerprint density at radius 1 is 0.973 bits per heavy atom. The normalized spacial score (nSPS) is 17.6. The van der Waals surface area contributed by atoms with Crippen molar-refractivity contribution < 1.29 is 14.0 Å². The minimum absolute atomic E-state index is 0.0259. The van der Waals surface area contributed by atoms with Gasteiger partial charge in [-0.05, 0) is 60.9 Å². The Bertz CT molecular complexity index is 1040. The molecule has 1 aliphatic heterocycles. The van der Waals surface area contributed by atoms with Gasteiger partial charge in [0.2, 0.25) is 11.8 Å². The Kier molecular flexibility index (Phi) is 9.69. The number of rotatable bonds is 8. The zero-order valence-corrected chi connectivity index (χ0v) is 22.4. The summed E-state index contributed by atoms with van der Waals surface area (Å²) in [5, 5.41) is 0. The first-order valence-electron chi connectivity index (χ1n) is 13.8. The van der Waals surface area contributed by atoms with Gasteiger partial charge in [0.1, 0.15) is 5.82 Å². The lowest BCUT2D eigenvalue weighted by atomic mass is 10.1. The maximum Gasteiger partial charge on any atom is 0.236 e. The van der Waals surface area contributed by atoms with E-state index in [1.54, 1.807) is 6.92 Å². The predicted molar refractivity (Wildman–Crippen MR) is 146 cm³/mol. The molecule has 1 fully saturated rings. The molecule has 2 aromatic carbocycles. The maximum atomic E-state index is 13.5. The molecule has 4 rings (SSSR count). The monoisotopic (exact) mass is 508 g/mol. The number of amides is 2. The molecular weight excluding hydrogens is 467 g/mol. The minimum atomic E-state index is -0.233. The Hall–Kier alpha value is -2.77. The van der Waals surface area contributed by atoms with Gasteiger partial charge in [0, 0.05) is 65.0 Å². The lowest BCUT2D eigenvalue weighted by Crippen LogP contribution is -2.43. The van der Waals surface area contributed by atoms with E-state index in [0.29, 0.717) is 32.1 Å². The first-order valence-corrected chi connectivity index (χ1v) is 13.8. The summed E-state index contributed by atoms with van der Waals surface area (Å²) in [5.74, 6) is 0.644. The second kappa shape index (κ2) is 13.2. The first-order chi connectivity index (χ1) is 17.9. The lowest BCUT2D eigenvalue weighted by Gasteiger charge is -2.30. The van der Waals surface area contributed by atoms with E-state index in [1.165, 1.54) is 25.0 Å². The quantitative estimate of drug-likeness (QED) is 0.526. The van der Waals surface area contributed by atoms with Crippen LogP contribution < -0.4 is 4.90 Å². The molecule has 0 atom stereocenters. The highest BCUT2D eigenvalue weighted by atomic mass is 19.1. The van der Waals surface area contributed by atoms with Gasteiger partial charge >= 0.3 is 0 Å². The highest BCUT2D eigenvalue weighted by molar-refractivity contribution is 5.92. The first kappa shape index (κ1) is 27.3. The van der Waals surface area contributed by atoms with Gasteiger partial charge in [-0.25, -0.2) is 4.39 Å². The summed E-state index contributed by atoms with van der Waals surface area (Å²) in [7, 11) is 0. The van der Waals surface area contributed by atoms with E-state index in [-0.39, 0.29) is 17.6 Å². The Balaban J connectivity index is 1.55. The second-order valence-electron chi connectivity index (χ2n) is 10.5. The number of fused-ring (bicyclic) bond motifs is 1. The molecule has 0 spiro atoms. The van der Waals surface area contributed by atoms with E-state index in [1.807, 2.05) is 40.1 Å². The van der Waals surface area contributed by atoms with Crippen molar-refractivity contribution in [3.63, 3.8) is 0 Å². The SMILES string of the molecule is CCCN(CC1CC1)C(=O)CN1CCN(Cc2ccc(F)cc2)CCCN(C(C)=O)c2ccccc2C1. The minimum Gasteiger partial charge on any atom is -0.341 e. The van der Waals surface area contributed by atoms with E-state index in [2.05, 4.69) is 22.8 Å². The molecule has 0 N–H and O–H groups in total. The largest absolute Gasteiger partial charge is 0.341 e. The Morgan fingerprint density at radius 2 is 1.70 bits per heavy atom. The Morgan fingerprint density at radius 3 is 2.41 bits per heavy atom. The summed E-state index contributed by atoms with van der Waals surface area (Å²) in [5.41, 5.74) is 3.06. The van der Waals surface area contributed by atoms with Crippen LogP contribution in [0.2, 0.25) is 0 Å². The summed E-state index contributed by atoms with van der Waals surface area (Å²) < 4.78 is 13.5. The van der Waals surface area contributed by atoms with Crippen molar-refractivity contribution in [3.05, 3.63) is 65.5 Å². The van der Waals surface area contributed by atoms with Crippen LogP contribution >= 0.6 is 0 Å². The van der Waals surface area contributed by atoms with Gasteiger partial charge < -0.3 is 9.80 Å². The van der Waals surface area contributed by atoms with Crippen LogP contribution in [-0.2, 0) is 22.7 Å². The number of benzene rings is 2. The van der Waals surface area contributed by atoms with Crippen LogP contribution in [0.25, 0.3) is 0 Å². The summed E-state index contributed by atoms with van der Waals surface area (Å²) in [6, 6.07) is 14.7. The van der Waals surface area contributed by atoms with Crippen LogP contribution in [0.4, 0.5) is 10.1 Å². The fraction of sp³-hybridized carbons (Fsp3) is 0.533. The summed E-state index contributed by atoms with van der Waals surface area (Å²) >= 11 is 0. The fourth-order valence-corrected chi connectivity index (χ4v) is 5.15. The number of nitrogens with zero attached hydrogens (tertiary/aromatic N) is 4. The highest BCUT2D eigenvalue weighted by Crippen LogP contribution is 2.30. The molecule has 0 radical (unpaired) electrons. The average molecular weight is 509 g/mol. The van der Waals surface area contributed by atoms with Gasteiger partial charge in [0.15, 0.2) is 0 Å². The number of anilines is 1. The molecule has 0 bridgehead atoms. The van der Waals surface area contributed by atoms with E-state index < -0.39 is 0 Å². The van der Waals surface area contributed by atoms with Gasteiger partial charge in [-0.2, -0.15) is 0 Å². The third kappa shape index (κ3) is 8.11. The number of hydrogen-bond donors (Lipinski definition) is 0. The zero-order valence-electron chi connectivity index (χ0n) is 22.4. The Labute approximate surface area is 221 Å². The van der Waals surface area contributed by atoms with Crippen LogP contribution in [-0.4, -0.2) is 72.3 Å². The van der Waals surface area contributed by atoms with Crippen LogP contribution in [0, 0.1) is 11.7 Å². The molecule has 2 aliphatic rings. The van der Waals surface area contributed by atoms with Gasteiger partial charge in [0.05, 0.1) is 6.54 Å². The van der Waals surface area contributed by atoms with Crippen molar-refractivity contribution in [1.29, 1.82) is 0 Å². The average Bonchev–Trinajstić information content (AvgIpc) is 3.70. The van der Waals surface area contributed by atoms with E-state index in [9.17, 15) is 14.0 Å². The fourth-order valence-electron chi connectivity index (χ4n) is 5.15. The third-order valence-electron chi connectivity index (χ3n) is 7.35. The number of para-hydroxylation sites is 1. The molecule has 6 nitrogen and oxygen atoms in total. The van der Waals surface area contributed by atoms with Gasteiger partial charge in [-0.15, -0.1) is 0 Å². The molecule has 2 aromatic rings. The number of carbonyl (C=O) groups excluding carboxylic acids is 2. The van der Waals surface area contributed by atoms with Crippen molar-refractivity contribution in [3.8, 4) is 0 Å². The maximum absolute atomic E-state index is 13.5. The topological polar surface area (TPSA) is 47.1 Å². The summed E-state index contributed by atoms with van der Waals surface area (Å²) in [4.78, 5) is 34.6. The third-order valence-corrected chi connectivity index (χ3v) is 7.35. The number of carbonyl (C=O) groups is 2.